The van der Waals surface area contributed by atoms with E-state index in [-0.39, 0.29) is 17.9 Å². The Morgan fingerprint density at radius 3 is 3.00 bits per heavy atom. The minimum Gasteiger partial charge on any atom is -0.393 e. The predicted molar refractivity (Wildman–Crippen MR) is 75.2 cm³/mol. The molecule has 1 N–H and O–H groups in total. The molecule has 2 heterocycles. The normalized spacial score (nSPS) is 27.2. The molecule has 1 amide bonds. The van der Waals surface area contributed by atoms with E-state index in [0.717, 1.165) is 24.9 Å². The zero-order valence-corrected chi connectivity index (χ0v) is 11.8. The zero-order chi connectivity index (χ0) is 14.1. The minimum absolute atomic E-state index is 0.0419. The van der Waals surface area contributed by atoms with E-state index in [1.54, 1.807) is 6.92 Å². The Kier molecular flexibility index (Phi) is 3.76. The van der Waals surface area contributed by atoms with Crippen LogP contribution in [0.3, 0.4) is 0 Å². The number of benzene rings is 1. The molecule has 4 nitrogen and oxygen atoms in total. The van der Waals surface area contributed by atoms with Crippen LogP contribution in [0.15, 0.2) is 24.3 Å². The molecule has 108 valence electrons. The van der Waals surface area contributed by atoms with Gasteiger partial charge in [0, 0.05) is 19.0 Å². The molecule has 0 radical (unpaired) electrons. The number of hydrogen-bond donors (Lipinski definition) is 1. The van der Waals surface area contributed by atoms with E-state index < -0.39 is 6.10 Å². The second kappa shape index (κ2) is 5.54. The Morgan fingerprint density at radius 1 is 1.45 bits per heavy atom. The molecular formula is C16H21NO3. The van der Waals surface area contributed by atoms with Crippen LogP contribution in [0.2, 0.25) is 0 Å². The summed E-state index contributed by atoms with van der Waals surface area (Å²) < 4.78 is 5.72. The summed E-state index contributed by atoms with van der Waals surface area (Å²) in [5.41, 5.74) is 2.22. The molecule has 1 aromatic rings. The predicted octanol–water partition coefficient (Wildman–Crippen LogP) is 1.53. The van der Waals surface area contributed by atoms with Crippen LogP contribution < -0.4 is 0 Å². The van der Waals surface area contributed by atoms with Crippen molar-refractivity contribution in [3.05, 3.63) is 35.4 Å². The Morgan fingerprint density at radius 2 is 2.25 bits per heavy atom. The van der Waals surface area contributed by atoms with Gasteiger partial charge in [0.05, 0.1) is 12.7 Å². The number of aliphatic hydroxyl groups excluding tert-OH is 1. The van der Waals surface area contributed by atoms with Gasteiger partial charge in [-0.1, -0.05) is 24.3 Å². The molecule has 0 bridgehead atoms. The molecule has 4 heteroatoms. The van der Waals surface area contributed by atoms with Gasteiger partial charge in [-0.25, -0.2) is 0 Å². The average molecular weight is 275 g/mol. The lowest BCUT2D eigenvalue weighted by Crippen LogP contribution is -2.37. The van der Waals surface area contributed by atoms with Crippen LogP contribution in [0.4, 0.5) is 0 Å². The molecule has 2 aliphatic rings. The van der Waals surface area contributed by atoms with Gasteiger partial charge in [-0.2, -0.15) is 0 Å². The van der Waals surface area contributed by atoms with Gasteiger partial charge in [-0.05, 0) is 30.9 Å². The first-order valence-electron chi connectivity index (χ1n) is 7.33. The number of amides is 1. The molecule has 20 heavy (non-hydrogen) atoms. The summed E-state index contributed by atoms with van der Waals surface area (Å²) >= 11 is 0. The first kappa shape index (κ1) is 13.6. The van der Waals surface area contributed by atoms with Crippen molar-refractivity contribution in [1.29, 1.82) is 0 Å². The number of carbonyl (C=O) groups is 1. The van der Waals surface area contributed by atoms with Crippen molar-refractivity contribution in [1.82, 2.24) is 4.90 Å². The fourth-order valence-electron chi connectivity index (χ4n) is 3.15. The second-order valence-corrected chi connectivity index (χ2v) is 5.77. The topological polar surface area (TPSA) is 49.8 Å². The molecule has 3 rings (SSSR count). The van der Waals surface area contributed by atoms with Crippen LogP contribution in [-0.4, -0.2) is 41.7 Å². The third-order valence-corrected chi connectivity index (χ3v) is 4.44. The highest BCUT2D eigenvalue weighted by Gasteiger charge is 2.35. The maximum atomic E-state index is 12.7. The number of carbonyl (C=O) groups excluding carboxylic acids is 1. The van der Waals surface area contributed by atoms with E-state index in [9.17, 15) is 9.90 Å². The maximum absolute atomic E-state index is 12.7. The quantitative estimate of drug-likeness (QED) is 0.890. The van der Waals surface area contributed by atoms with Gasteiger partial charge in [0.25, 0.3) is 5.91 Å². The molecule has 0 aliphatic carbocycles. The monoisotopic (exact) mass is 275 g/mol. The van der Waals surface area contributed by atoms with Gasteiger partial charge in [0.2, 0.25) is 0 Å². The largest absolute Gasteiger partial charge is 0.393 e. The Bertz CT molecular complexity index is 500. The fraction of sp³-hybridized carbons (Fsp3) is 0.562. The molecule has 0 saturated carbocycles. The molecule has 0 aromatic heterocycles. The van der Waals surface area contributed by atoms with E-state index in [1.165, 1.54) is 5.56 Å². The van der Waals surface area contributed by atoms with Crippen LogP contribution in [0.5, 0.6) is 0 Å². The number of ether oxygens (including phenoxy) is 1. The van der Waals surface area contributed by atoms with Crippen LogP contribution in [0, 0.1) is 5.92 Å². The van der Waals surface area contributed by atoms with E-state index >= 15 is 0 Å². The van der Waals surface area contributed by atoms with Crippen molar-refractivity contribution in [2.45, 2.75) is 32.0 Å². The van der Waals surface area contributed by atoms with Gasteiger partial charge < -0.3 is 14.7 Å². The van der Waals surface area contributed by atoms with Crippen molar-refractivity contribution in [2.24, 2.45) is 5.92 Å². The van der Waals surface area contributed by atoms with Crippen LogP contribution in [0.25, 0.3) is 0 Å². The van der Waals surface area contributed by atoms with Crippen molar-refractivity contribution in [2.75, 3.05) is 19.7 Å². The van der Waals surface area contributed by atoms with E-state index in [4.69, 9.17) is 4.74 Å². The molecule has 3 unspecified atom stereocenters. The van der Waals surface area contributed by atoms with Gasteiger partial charge in [0.1, 0.15) is 0 Å². The van der Waals surface area contributed by atoms with Crippen molar-refractivity contribution in [3.63, 3.8) is 0 Å². The summed E-state index contributed by atoms with van der Waals surface area (Å²) in [4.78, 5) is 14.5. The Hall–Kier alpha value is -1.39. The molecule has 0 spiro atoms. The molecule has 1 aromatic carbocycles. The van der Waals surface area contributed by atoms with Crippen LogP contribution >= 0.6 is 0 Å². The third kappa shape index (κ3) is 2.45. The van der Waals surface area contributed by atoms with E-state index in [2.05, 4.69) is 6.07 Å². The maximum Gasteiger partial charge on any atom is 0.256 e. The number of hydrogen-bond acceptors (Lipinski definition) is 3. The third-order valence-electron chi connectivity index (χ3n) is 4.44. The smallest absolute Gasteiger partial charge is 0.256 e. The lowest BCUT2D eigenvalue weighted by molar-refractivity contribution is -0.144. The summed E-state index contributed by atoms with van der Waals surface area (Å²) in [5.74, 6) is 0.234. The number of nitrogens with zero attached hydrogens (tertiary/aromatic N) is 1. The highest BCUT2D eigenvalue weighted by atomic mass is 16.5. The first-order chi connectivity index (χ1) is 9.66. The molecule has 1 saturated heterocycles. The average Bonchev–Trinajstić information content (AvgIpc) is 2.96. The van der Waals surface area contributed by atoms with Gasteiger partial charge in [-0.15, -0.1) is 0 Å². The summed E-state index contributed by atoms with van der Waals surface area (Å²) in [6, 6.07) is 8.02. The minimum atomic E-state index is -0.465. The van der Waals surface area contributed by atoms with Gasteiger partial charge >= 0.3 is 0 Å². The summed E-state index contributed by atoms with van der Waals surface area (Å²) in [6.07, 6.45) is 0.925. The molecule has 3 atom stereocenters. The fourth-order valence-corrected chi connectivity index (χ4v) is 3.15. The van der Waals surface area contributed by atoms with Gasteiger partial charge in [-0.3, -0.25) is 4.79 Å². The summed E-state index contributed by atoms with van der Waals surface area (Å²) in [5, 5.41) is 9.65. The molecule has 1 fully saturated rings. The van der Waals surface area contributed by atoms with Crippen LogP contribution in [-0.2, 0) is 16.0 Å². The number of aliphatic hydroxyl groups is 1. The van der Waals surface area contributed by atoms with Crippen LogP contribution in [0.1, 0.15) is 30.6 Å². The van der Waals surface area contributed by atoms with Crippen molar-refractivity contribution in [3.8, 4) is 0 Å². The highest BCUT2D eigenvalue weighted by Crippen LogP contribution is 2.30. The molecule has 2 aliphatic heterocycles. The lowest BCUT2D eigenvalue weighted by atomic mass is 9.97. The second-order valence-electron chi connectivity index (χ2n) is 5.77. The SMILES string of the molecule is CC(O)C1CCN(C(=O)C2OCCc3ccccc32)C1. The molecular weight excluding hydrogens is 254 g/mol. The highest BCUT2D eigenvalue weighted by molar-refractivity contribution is 5.83. The summed E-state index contributed by atoms with van der Waals surface area (Å²) in [7, 11) is 0. The number of likely N-dealkylation sites (tertiary alicyclic amines) is 1. The Labute approximate surface area is 119 Å². The van der Waals surface area contributed by atoms with Crippen molar-refractivity contribution < 1.29 is 14.6 Å². The Balaban J connectivity index is 1.76. The van der Waals surface area contributed by atoms with Gasteiger partial charge in [0.15, 0.2) is 6.10 Å². The number of rotatable bonds is 2. The summed E-state index contributed by atoms with van der Waals surface area (Å²) in [6.45, 7) is 3.75. The standard InChI is InChI=1S/C16H21NO3/c1-11(18)13-6-8-17(10-13)16(19)15-14-5-3-2-4-12(14)7-9-20-15/h2-5,11,13,15,18H,6-10H2,1H3. The number of fused-ring (bicyclic) bond motifs is 1. The first-order valence-corrected chi connectivity index (χ1v) is 7.33. The van der Waals surface area contributed by atoms with E-state index in [1.807, 2.05) is 23.1 Å². The lowest BCUT2D eigenvalue weighted by Gasteiger charge is -2.29. The zero-order valence-electron chi connectivity index (χ0n) is 11.8. The van der Waals surface area contributed by atoms with E-state index in [0.29, 0.717) is 13.2 Å². The van der Waals surface area contributed by atoms with Crippen molar-refractivity contribution >= 4 is 5.91 Å².